The van der Waals surface area contributed by atoms with E-state index in [-0.39, 0.29) is 0 Å². The first-order valence-electron chi connectivity index (χ1n) is 9.95. The molecule has 0 radical (unpaired) electrons. The molecule has 144 valence electrons. The average molecular weight is 390 g/mol. The minimum atomic E-state index is 0.629. The third-order valence-electron chi connectivity index (χ3n) is 5.65. The largest absolute Gasteiger partial charge is 0.261 e. The van der Waals surface area contributed by atoms with E-state index in [2.05, 4.69) is 55.9 Å². The first-order valence-corrected chi connectivity index (χ1v) is 9.95. The molecule has 0 amide bonds. The smallest absolute Gasteiger partial charge is 0.168 e. The Bertz CT molecular complexity index is 1410. The van der Waals surface area contributed by atoms with Crippen molar-refractivity contribution in [2.45, 2.75) is 12.8 Å². The van der Waals surface area contributed by atoms with E-state index in [0.717, 1.165) is 35.1 Å². The van der Waals surface area contributed by atoms with E-state index in [1.807, 2.05) is 36.5 Å². The number of aromatic nitrogens is 4. The number of para-hydroxylation sites is 1. The van der Waals surface area contributed by atoms with Gasteiger partial charge in [0, 0.05) is 5.56 Å². The van der Waals surface area contributed by atoms with Gasteiger partial charge < -0.3 is 0 Å². The molecule has 1 aliphatic carbocycles. The van der Waals surface area contributed by atoms with E-state index < -0.39 is 0 Å². The minimum Gasteiger partial charge on any atom is -0.261 e. The lowest BCUT2D eigenvalue weighted by atomic mass is 10.0. The van der Waals surface area contributed by atoms with Crippen molar-refractivity contribution in [2.75, 3.05) is 5.43 Å². The lowest BCUT2D eigenvalue weighted by Gasteiger charge is -2.06. The van der Waals surface area contributed by atoms with Crippen LogP contribution in [0.2, 0.25) is 0 Å². The predicted octanol–water partition coefficient (Wildman–Crippen LogP) is 4.51. The number of anilines is 1. The highest BCUT2D eigenvalue weighted by atomic mass is 15.3. The van der Waals surface area contributed by atoms with E-state index in [1.54, 1.807) is 10.9 Å². The Morgan fingerprint density at radius 3 is 2.63 bits per heavy atom. The third kappa shape index (κ3) is 2.65. The van der Waals surface area contributed by atoms with Crippen LogP contribution in [0.15, 0.2) is 78.3 Å². The second-order valence-corrected chi connectivity index (χ2v) is 7.38. The highest BCUT2D eigenvalue weighted by molar-refractivity contribution is 6.03. The van der Waals surface area contributed by atoms with Crippen LogP contribution in [0.25, 0.3) is 27.5 Å². The zero-order valence-electron chi connectivity index (χ0n) is 16.2. The number of fused-ring (bicyclic) bond motifs is 1. The molecular weight excluding hydrogens is 372 g/mol. The zero-order chi connectivity index (χ0) is 19.9. The number of benzene rings is 3. The topological polar surface area (TPSA) is 68.0 Å². The molecular formula is C24H18N6. The summed E-state index contributed by atoms with van der Waals surface area (Å²) in [6.45, 7) is 0. The molecule has 2 aromatic heterocycles. The number of nitrogens with one attached hydrogen (secondary N) is 1. The summed E-state index contributed by atoms with van der Waals surface area (Å²) < 4.78 is 1.80. The molecule has 1 N–H and O–H groups in total. The van der Waals surface area contributed by atoms with Crippen LogP contribution in [0.3, 0.4) is 0 Å². The Kier molecular flexibility index (Phi) is 3.81. The Balaban J connectivity index is 1.34. The van der Waals surface area contributed by atoms with Crippen molar-refractivity contribution in [3.8, 4) is 5.69 Å². The zero-order valence-corrected chi connectivity index (χ0v) is 16.2. The fourth-order valence-corrected chi connectivity index (χ4v) is 4.24. The van der Waals surface area contributed by atoms with Crippen LogP contribution in [0.5, 0.6) is 0 Å². The molecule has 0 bridgehead atoms. The summed E-state index contributed by atoms with van der Waals surface area (Å²) in [7, 11) is 0. The van der Waals surface area contributed by atoms with Crippen molar-refractivity contribution < 1.29 is 0 Å². The lowest BCUT2D eigenvalue weighted by Crippen LogP contribution is -1.99. The standard InChI is InChI=1S/C24H18N6/c1-2-6-19(7-3-1)30-24-21(14-28-30)23(25-15-26-24)29-27-13-18-12-11-17-10-9-16-5-4-8-20(18)22(16)17/h1-8,11-15H,9-10H2,(H,25,26,29)/b27-13+. The molecule has 6 rings (SSSR count). The Hall–Kier alpha value is -4.06. The molecule has 0 aliphatic heterocycles. The van der Waals surface area contributed by atoms with Crippen LogP contribution in [0, 0.1) is 0 Å². The first kappa shape index (κ1) is 16.9. The van der Waals surface area contributed by atoms with Crippen molar-refractivity contribution in [3.63, 3.8) is 0 Å². The molecule has 6 heteroatoms. The number of hydrazone groups is 1. The van der Waals surface area contributed by atoms with Crippen molar-refractivity contribution in [1.29, 1.82) is 0 Å². The van der Waals surface area contributed by atoms with E-state index in [9.17, 15) is 0 Å². The summed E-state index contributed by atoms with van der Waals surface area (Å²) in [5.74, 6) is 0.629. The summed E-state index contributed by atoms with van der Waals surface area (Å²) in [6.07, 6.45) is 7.39. The van der Waals surface area contributed by atoms with Crippen molar-refractivity contribution >= 4 is 33.8 Å². The minimum absolute atomic E-state index is 0.629. The summed E-state index contributed by atoms with van der Waals surface area (Å²) in [5, 5.41) is 12.4. The molecule has 30 heavy (non-hydrogen) atoms. The average Bonchev–Trinajstić information content (AvgIpc) is 3.42. The van der Waals surface area contributed by atoms with Gasteiger partial charge in [-0.25, -0.2) is 14.6 Å². The summed E-state index contributed by atoms with van der Waals surface area (Å²) in [4.78, 5) is 8.77. The molecule has 0 fully saturated rings. The third-order valence-corrected chi connectivity index (χ3v) is 5.65. The number of hydrogen-bond donors (Lipinski definition) is 1. The van der Waals surface area contributed by atoms with Gasteiger partial charge in [-0.1, -0.05) is 48.5 Å². The number of nitrogens with zero attached hydrogens (tertiary/aromatic N) is 5. The number of hydrogen-bond acceptors (Lipinski definition) is 5. The van der Waals surface area contributed by atoms with Crippen LogP contribution in [0.4, 0.5) is 5.82 Å². The molecule has 1 aliphatic rings. The van der Waals surface area contributed by atoms with Gasteiger partial charge in [0.15, 0.2) is 11.5 Å². The number of rotatable bonds is 4. The summed E-state index contributed by atoms with van der Waals surface area (Å²) in [6, 6.07) is 20.8. The Morgan fingerprint density at radius 2 is 1.73 bits per heavy atom. The van der Waals surface area contributed by atoms with Crippen LogP contribution in [-0.2, 0) is 12.8 Å². The van der Waals surface area contributed by atoms with Gasteiger partial charge in [0.25, 0.3) is 0 Å². The van der Waals surface area contributed by atoms with Gasteiger partial charge >= 0.3 is 0 Å². The molecule has 0 saturated heterocycles. The molecule has 2 heterocycles. The van der Waals surface area contributed by atoms with Crippen molar-refractivity contribution in [2.24, 2.45) is 5.10 Å². The maximum Gasteiger partial charge on any atom is 0.168 e. The van der Waals surface area contributed by atoms with E-state index >= 15 is 0 Å². The van der Waals surface area contributed by atoms with Gasteiger partial charge in [-0.05, 0) is 46.9 Å². The molecule has 6 nitrogen and oxygen atoms in total. The Morgan fingerprint density at radius 1 is 0.867 bits per heavy atom. The Labute approximate surface area is 172 Å². The van der Waals surface area contributed by atoms with E-state index in [0.29, 0.717) is 5.82 Å². The molecule has 0 atom stereocenters. The van der Waals surface area contributed by atoms with E-state index in [4.69, 9.17) is 0 Å². The van der Waals surface area contributed by atoms with Crippen LogP contribution in [0.1, 0.15) is 16.7 Å². The van der Waals surface area contributed by atoms with Crippen molar-refractivity contribution in [1.82, 2.24) is 19.7 Å². The molecule has 0 saturated carbocycles. The molecule has 0 spiro atoms. The van der Waals surface area contributed by atoms with Crippen molar-refractivity contribution in [3.05, 3.63) is 89.9 Å². The maximum atomic E-state index is 4.48. The summed E-state index contributed by atoms with van der Waals surface area (Å²) >= 11 is 0. The lowest BCUT2D eigenvalue weighted by molar-refractivity contribution is 0.895. The highest BCUT2D eigenvalue weighted by Crippen LogP contribution is 2.32. The van der Waals surface area contributed by atoms with Gasteiger partial charge in [0.05, 0.1) is 23.5 Å². The monoisotopic (exact) mass is 390 g/mol. The van der Waals surface area contributed by atoms with Gasteiger partial charge in [-0.15, -0.1) is 0 Å². The highest BCUT2D eigenvalue weighted by Gasteiger charge is 2.15. The predicted molar refractivity (Wildman–Crippen MR) is 119 cm³/mol. The van der Waals surface area contributed by atoms with Gasteiger partial charge in [-0.2, -0.15) is 10.2 Å². The maximum absolute atomic E-state index is 4.48. The van der Waals surface area contributed by atoms with Gasteiger partial charge in [-0.3, -0.25) is 5.43 Å². The SMILES string of the molecule is C(=N\Nc1ncnc2c1cnn2-c1ccccc1)/c1ccc2c3c(cccc13)CC2. The molecule has 5 aromatic rings. The van der Waals surface area contributed by atoms with Crippen LogP contribution >= 0.6 is 0 Å². The van der Waals surface area contributed by atoms with E-state index in [1.165, 1.54) is 28.2 Å². The second kappa shape index (κ2) is 6.77. The molecule has 0 unspecified atom stereocenters. The van der Waals surface area contributed by atoms with Crippen LogP contribution in [-0.4, -0.2) is 26.0 Å². The first-order chi connectivity index (χ1) is 14.9. The van der Waals surface area contributed by atoms with Gasteiger partial charge in [0.2, 0.25) is 0 Å². The quantitative estimate of drug-likeness (QED) is 0.362. The molecule has 3 aromatic carbocycles. The second-order valence-electron chi connectivity index (χ2n) is 7.38. The summed E-state index contributed by atoms with van der Waals surface area (Å²) in [5.41, 5.74) is 8.71. The normalized spacial score (nSPS) is 12.9. The number of aryl methyl sites for hydroxylation is 2. The van der Waals surface area contributed by atoms with Crippen LogP contribution < -0.4 is 5.43 Å². The van der Waals surface area contributed by atoms with Gasteiger partial charge in [0.1, 0.15) is 6.33 Å². The fourth-order valence-electron chi connectivity index (χ4n) is 4.24. The fraction of sp³-hybridized carbons (Fsp3) is 0.0833.